The summed E-state index contributed by atoms with van der Waals surface area (Å²) in [7, 11) is 0. The molecule has 4 heteroatoms. The monoisotopic (exact) mass is 191 g/mol. The van der Waals surface area contributed by atoms with Crippen LogP contribution in [0.2, 0.25) is 0 Å². The molecule has 0 aliphatic carbocycles. The fourth-order valence-corrected chi connectivity index (χ4v) is 0.995. The lowest BCUT2D eigenvalue weighted by molar-refractivity contribution is -0.116. The molecule has 2 aromatic rings. The molecule has 0 radical (unpaired) electrons. The molecule has 1 amide bonds. The number of carbonyl (C=O) groups excluding carboxylic acids is 1. The van der Waals surface area contributed by atoms with Crippen molar-refractivity contribution in [1.29, 1.82) is 0 Å². The van der Waals surface area contributed by atoms with Gasteiger partial charge in [0, 0.05) is 11.7 Å². The number of benzene rings is 1. The molecule has 74 valence electrons. The van der Waals surface area contributed by atoms with Gasteiger partial charge in [-0.05, 0) is 17.5 Å². The molecular weight excluding hydrogens is 178 g/mol. The number of nitrogens with one attached hydrogen (secondary N) is 1. The van der Waals surface area contributed by atoms with Gasteiger partial charge in [0.2, 0.25) is 5.91 Å². The standard InChI is InChI=1S/C8H7N.C2H6N2O/c1-2-4-8-7(3-1)5-6-9-8;3-1-2(4)5/h1-6,9H;1,3H2,(H2,4,5). The molecule has 1 heterocycles. The Morgan fingerprint density at radius 3 is 2.50 bits per heavy atom. The van der Waals surface area contributed by atoms with Gasteiger partial charge in [0.05, 0.1) is 6.54 Å². The van der Waals surface area contributed by atoms with E-state index in [1.54, 1.807) is 0 Å². The first-order chi connectivity index (χ1) is 6.74. The minimum atomic E-state index is -0.468. The highest BCUT2D eigenvalue weighted by Crippen LogP contribution is 2.09. The molecular formula is C10H13N3O. The van der Waals surface area contributed by atoms with Crippen LogP contribution in [0.15, 0.2) is 36.5 Å². The minimum Gasteiger partial charge on any atom is -0.369 e. The Hall–Kier alpha value is -1.81. The third-order valence-electron chi connectivity index (χ3n) is 1.66. The molecule has 0 bridgehead atoms. The van der Waals surface area contributed by atoms with Crippen molar-refractivity contribution >= 4 is 16.8 Å². The highest BCUT2D eigenvalue weighted by Gasteiger charge is 1.86. The van der Waals surface area contributed by atoms with E-state index in [2.05, 4.69) is 28.9 Å². The fourth-order valence-electron chi connectivity index (χ4n) is 0.995. The lowest BCUT2D eigenvalue weighted by atomic mass is 10.3. The van der Waals surface area contributed by atoms with Crippen molar-refractivity contribution in [3.05, 3.63) is 36.5 Å². The Morgan fingerprint density at radius 1 is 1.29 bits per heavy atom. The fraction of sp³-hybridized carbons (Fsp3) is 0.100. The van der Waals surface area contributed by atoms with Crippen LogP contribution in [-0.4, -0.2) is 17.4 Å². The Bertz CT molecular complexity index is 378. The van der Waals surface area contributed by atoms with E-state index in [1.165, 1.54) is 10.9 Å². The first-order valence-electron chi connectivity index (χ1n) is 4.24. The molecule has 14 heavy (non-hydrogen) atoms. The Morgan fingerprint density at radius 2 is 1.93 bits per heavy atom. The molecule has 0 saturated carbocycles. The maximum Gasteiger partial charge on any atom is 0.231 e. The van der Waals surface area contributed by atoms with Crippen molar-refractivity contribution in [1.82, 2.24) is 4.98 Å². The first-order valence-corrected chi connectivity index (χ1v) is 4.24. The number of carbonyl (C=O) groups is 1. The van der Waals surface area contributed by atoms with Gasteiger partial charge in [-0.3, -0.25) is 4.79 Å². The molecule has 0 atom stereocenters. The zero-order chi connectivity index (χ0) is 10.4. The summed E-state index contributed by atoms with van der Waals surface area (Å²) in [5.74, 6) is -0.468. The zero-order valence-corrected chi connectivity index (χ0v) is 7.73. The van der Waals surface area contributed by atoms with Crippen LogP contribution in [0.25, 0.3) is 10.9 Å². The largest absolute Gasteiger partial charge is 0.369 e. The lowest BCUT2D eigenvalue weighted by Gasteiger charge is -1.83. The molecule has 2 rings (SSSR count). The molecule has 5 N–H and O–H groups in total. The number of aromatic amines is 1. The van der Waals surface area contributed by atoms with Gasteiger partial charge >= 0.3 is 0 Å². The summed E-state index contributed by atoms with van der Waals surface area (Å²) < 4.78 is 0. The molecule has 0 aliphatic rings. The third kappa shape index (κ3) is 2.91. The van der Waals surface area contributed by atoms with E-state index in [-0.39, 0.29) is 6.54 Å². The lowest BCUT2D eigenvalue weighted by Crippen LogP contribution is -2.21. The quantitative estimate of drug-likeness (QED) is 0.616. The summed E-state index contributed by atoms with van der Waals surface area (Å²) in [4.78, 5) is 12.6. The summed E-state index contributed by atoms with van der Waals surface area (Å²) in [5.41, 5.74) is 10.4. The molecule has 0 saturated heterocycles. The van der Waals surface area contributed by atoms with E-state index >= 15 is 0 Å². The summed E-state index contributed by atoms with van der Waals surface area (Å²) in [5, 5.41) is 1.28. The number of aromatic nitrogens is 1. The highest BCUT2D eigenvalue weighted by atomic mass is 16.1. The Kier molecular flexibility index (Phi) is 3.69. The summed E-state index contributed by atoms with van der Waals surface area (Å²) in [6.07, 6.45) is 1.95. The van der Waals surface area contributed by atoms with E-state index in [4.69, 9.17) is 5.73 Å². The average Bonchev–Trinajstić information content (AvgIpc) is 2.66. The molecule has 0 aliphatic heterocycles. The van der Waals surface area contributed by atoms with Crippen LogP contribution in [0.1, 0.15) is 0 Å². The van der Waals surface area contributed by atoms with Gasteiger partial charge in [-0.25, -0.2) is 0 Å². The van der Waals surface area contributed by atoms with Crippen LogP contribution in [-0.2, 0) is 4.79 Å². The Balaban J connectivity index is 0.000000171. The van der Waals surface area contributed by atoms with Crippen LogP contribution >= 0.6 is 0 Å². The summed E-state index contributed by atoms with van der Waals surface area (Å²) >= 11 is 0. The second kappa shape index (κ2) is 5.04. The van der Waals surface area contributed by atoms with Crippen LogP contribution in [0.3, 0.4) is 0 Å². The maximum atomic E-state index is 9.47. The number of nitrogens with two attached hydrogens (primary N) is 2. The number of primary amides is 1. The van der Waals surface area contributed by atoms with Crippen molar-refractivity contribution in [3.8, 4) is 0 Å². The van der Waals surface area contributed by atoms with Gasteiger partial charge in [0.1, 0.15) is 0 Å². The van der Waals surface area contributed by atoms with Crippen LogP contribution in [0, 0.1) is 0 Å². The number of hydrogen-bond donors (Lipinski definition) is 3. The normalized spacial score (nSPS) is 9.21. The Labute approximate surface area is 81.9 Å². The number of fused-ring (bicyclic) bond motifs is 1. The topological polar surface area (TPSA) is 84.9 Å². The molecule has 1 aromatic carbocycles. The molecule has 1 aromatic heterocycles. The SMILES string of the molecule is NCC(N)=O.c1ccc2[nH]ccc2c1. The van der Waals surface area contributed by atoms with E-state index in [0.717, 1.165) is 0 Å². The van der Waals surface area contributed by atoms with E-state index in [9.17, 15) is 4.79 Å². The predicted octanol–water partition coefficient (Wildman–Crippen LogP) is 0.598. The van der Waals surface area contributed by atoms with Crippen LogP contribution in [0.5, 0.6) is 0 Å². The van der Waals surface area contributed by atoms with Crippen molar-refractivity contribution in [2.45, 2.75) is 0 Å². The van der Waals surface area contributed by atoms with Crippen molar-refractivity contribution in [3.63, 3.8) is 0 Å². The number of H-pyrrole nitrogens is 1. The molecule has 0 fully saturated rings. The van der Waals surface area contributed by atoms with Gasteiger partial charge in [0.15, 0.2) is 0 Å². The number of rotatable bonds is 1. The smallest absolute Gasteiger partial charge is 0.231 e. The number of hydrogen-bond acceptors (Lipinski definition) is 2. The molecule has 0 unspecified atom stereocenters. The summed E-state index contributed by atoms with van der Waals surface area (Å²) in [6.45, 7) is -0.0556. The minimum absolute atomic E-state index is 0.0556. The van der Waals surface area contributed by atoms with Gasteiger partial charge in [-0.15, -0.1) is 0 Å². The van der Waals surface area contributed by atoms with E-state index < -0.39 is 5.91 Å². The number of amides is 1. The van der Waals surface area contributed by atoms with Gasteiger partial charge in [-0.1, -0.05) is 18.2 Å². The third-order valence-corrected chi connectivity index (χ3v) is 1.66. The zero-order valence-electron chi connectivity index (χ0n) is 7.73. The van der Waals surface area contributed by atoms with Crippen LogP contribution < -0.4 is 11.5 Å². The van der Waals surface area contributed by atoms with Crippen molar-refractivity contribution in [2.75, 3.05) is 6.54 Å². The van der Waals surface area contributed by atoms with E-state index in [1.807, 2.05) is 18.3 Å². The highest BCUT2D eigenvalue weighted by molar-refractivity contribution is 5.78. The second-order valence-electron chi connectivity index (χ2n) is 2.74. The molecule has 0 spiro atoms. The van der Waals surface area contributed by atoms with E-state index in [0.29, 0.717) is 0 Å². The first kappa shape index (κ1) is 10.3. The average molecular weight is 191 g/mol. The van der Waals surface area contributed by atoms with Gasteiger partial charge in [0.25, 0.3) is 0 Å². The predicted molar refractivity (Wildman–Crippen MR) is 56.5 cm³/mol. The number of para-hydroxylation sites is 1. The maximum absolute atomic E-state index is 9.47. The molecule has 4 nitrogen and oxygen atoms in total. The van der Waals surface area contributed by atoms with Crippen molar-refractivity contribution in [2.24, 2.45) is 11.5 Å². The van der Waals surface area contributed by atoms with Crippen LogP contribution in [0.4, 0.5) is 0 Å². The van der Waals surface area contributed by atoms with Gasteiger partial charge in [-0.2, -0.15) is 0 Å². The van der Waals surface area contributed by atoms with Crippen molar-refractivity contribution < 1.29 is 4.79 Å². The van der Waals surface area contributed by atoms with Gasteiger partial charge < -0.3 is 16.5 Å². The second-order valence-corrected chi connectivity index (χ2v) is 2.74. The summed E-state index contributed by atoms with van der Waals surface area (Å²) in [6, 6.07) is 10.3.